The van der Waals surface area contributed by atoms with E-state index in [4.69, 9.17) is 5.11 Å². The van der Waals surface area contributed by atoms with E-state index in [1.807, 2.05) is 20.8 Å². The first-order valence-electron chi connectivity index (χ1n) is 5.88. The minimum atomic E-state index is -0.946. The molecule has 0 saturated carbocycles. The van der Waals surface area contributed by atoms with Gasteiger partial charge in [-0.05, 0) is 26.8 Å². The van der Waals surface area contributed by atoms with Crippen molar-refractivity contribution in [2.24, 2.45) is 0 Å². The molecule has 7 nitrogen and oxygen atoms in total. The topological polar surface area (TPSA) is 95.4 Å². The third-order valence-electron chi connectivity index (χ3n) is 2.39. The van der Waals surface area contributed by atoms with Crippen LogP contribution in [0.3, 0.4) is 0 Å². The standard InChI is InChI=1S/C12H18N4O3/c1-12(2,3)16(8-5-9(17)18)11(19)15-10-13-6-4-7-14-10/h4,6-7H,5,8H2,1-3H3,(H,17,18)(H,13,14,15,19). The van der Waals surface area contributed by atoms with Gasteiger partial charge in [0.25, 0.3) is 0 Å². The number of nitrogens with one attached hydrogen (secondary N) is 1. The number of hydrogen-bond donors (Lipinski definition) is 2. The maximum absolute atomic E-state index is 12.1. The van der Waals surface area contributed by atoms with E-state index in [1.54, 1.807) is 6.07 Å². The summed E-state index contributed by atoms with van der Waals surface area (Å²) in [6.45, 7) is 5.62. The Bertz CT molecular complexity index is 442. The molecule has 0 bridgehead atoms. The molecule has 2 N–H and O–H groups in total. The van der Waals surface area contributed by atoms with Gasteiger partial charge in [0.15, 0.2) is 0 Å². The Kier molecular flexibility index (Phi) is 4.80. The van der Waals surface area contributed by atoms with Gasteiger partial charge in [0.05, 0.1) is 6.42 Å². The molecule has 1 rings (SSSR count). The monoisotopic (exact) mass is 266 g/mol. The molecule has 1 aromatic rings. The lowest BCUT2D eigenvalue weighted by Crippen LogP contribution is -2.48. The van der Waals surface area contributed by atoms with Crippen LogP contribution in [0.25, 0.3) is 0 Å². The van der Waals surface area contributed by atoms with Gasteiger partial charge in [0.2, 0.25) is 5.95 Å². The molecule has 2 amide bonds. The van der Waals surface area contributed by atoms with E-state index in [-0.39, 0.29) is 18.9 Å². The fourth-order valence-corrected chi connectivity index (χ4v) is 1.48. The number of carbonyl (C=O) groups is 2. The second-order valence-electron chi connectivity index (χ2n) is 4.97. The number of carboxylic acids is 1. The second kappa shape index (κ2) is 6.12. The first-order chi connectivity index (χ1) is 8.80. The molecule has 0 aliphatic carbocycles. The fourth-order valence-electron chi connectivity index (χ4n) is 1.48. The van der Waals surface area contributed by atoms with E-state index in [1.165, 1.54) is 17.3 Å². The van der Waals surface area contributed by atoms with E-state index in [2.05, 4.69) is 15.3 Å². The van der Waals surface area contributed by atoms with Crippen molar-refractivity contribution >= 4 is 17.9 Å². The van der Waals surface area contributed by atoms with Crippen molar-refractivity contribution in [1.82, 2.24) is 14.9 Å². The van der Waals surface area contributed by atoms with Crippen LogP contribution in [0.15, 0.2) is 18.5 Å². The first kappa shape index (κ1) is 14.9. The Morgan fingerprint density at radius 3 is 2.37 bits per heavy atom. The van der Waals surface area contributed by atoms with Crippen LogP contribution in [0.2, 0.25) is 0 Å². The Morgan fingerprint density at radius 2 is 1.89 bits per heavy atom. The molecule has 0 unspecified atom stereocenters. The number of carbonyl (C=O) groups excluding carboxylic acids is 1. The Balaban J connectivity index is 2.74. The van der Waals surface area contributed by atoms with Gasteiger partial charge in [-0.2, -0.15) is 0 Å². The van der Waals surface area contributed by atoms with Crippen molar-refractivity contribution in [3.63, 3.8) is 0 Å². The predicted octanol–water partition coefficient (Wildman–Crippen LogP) is 1.58. The van der Waals surface area contributed by atoms with Gasteiger partial charge in [0.1, 0.15) is 0 Å². The Hall–Kier alpha value is -2.18. The highest BCUT2D eigenvalue weighted by molar-refractivity contribution is 5.88. The third-order valence-corrected chi connectivity index (χ3v) is 2.39. The van der Waals surface area contributed by atoms with Gasteiger partial charge < -0.3 is 10.0 Å². The van der Waals surface area contributed by atoms with Crippen LogP contribution >= 0.6 is 0 Å². The SMILES string of the molecule is CC(C)(C)N(CCC(=O)O)C(=O)Nc1ncccn1. The fraction of sp³-hybridized carbons (Fsp3) is 0.500. The first-order valence-corrected chi connectivity index (χ1v) is 5.88. The summed E-state index contributed by atoms with van der Waals surface area (Å²) >= 11 is 0. The minimum Gasteiger partial charge on any atom is -0.481 e. The van der Waals surface area contributed by atoms with Crippen molar-refractivity contribution in [2.45, 2.75) is 32.7 Å². The normalized spacial score (nSPS) is 10.9. The maximum atomic E-state index is 12.1. The molecule has 1 aromatic heterocycles. The number of aromatic nitrogens is 2. The number of rotatable bonds is 4. The molecule has 104 valence electrons. The lowest BCUT2D eigenvalue weighted by Gasteiger charge is -2.35. The average Bonchev–Trinajstić information content (AvgIpc) is 2.28. The summed E-state index contributed by atoms with van der Waals surface area (Å²) in [4.78, 5) is 32.0. The summed E-state index contributed by atoms with van der Waals surface area (Å²) in [7, 11) is 0. The van der Waals surface area contributed by atoms with E-state index in [0.717, 1.165) is 0 Å². The Morgan fingerprint density at radius 1 is 1.32 bits per heavy atom. The van der Waals surface area contributed by atoms with E-state index in [0.29, 0.717) is 0 Å². The molecule has 0 atom stereocenters. The molecule has 0 saturated heterocycles. The molecule has 7 heteroatoms. The van der Waals surface area contributed by atoms with E-state index >= 15 is 0 Å². The van der Waals surface area contributed by atoms with Gasteiger partial charge in [-0.1, -0.05) is 0 Å². The van der Waals surface area contributed by atoms with Crippen LogP contribution < -0.4 is 5.32 Å². The molecule has 0 fully saturated rings. The number of amides is 2. The number of urea groups is 1. The smallest absolute Gasteiger partial charge is 0.324 e. The van der Waals surface area contributed by atoms with Crippen molar-refractivity contribution < 1.29 is 14.7 Å². The number of anilines is 1. The van der Waals surface area contributed by atoms with Crippen LogP contribution in [0.1, 0.15) is 27.2 Å². The Labute approximate surface area is 111 Å². The van der Waals surface area contributed by atoms with Crippen molar-refractivity contribution in [2.75, 3.05) is 11.9 Å². The number of aliphatic carboxylic acids is 1. The van der Waals surface area contributed by atoms with Gasteiger partial charge in [-0.3, -0.25) is 10.1 Å². The maximum Gasteiger partial charge on any atom is 0.324 e. The zero-order chi connectivity index (χ0) is 14.5. The van der Waals surface area contributed by atoms with Crippen LogP contribution in [0.5, 0.6) is 0 Å². The minimum absolute atomic E-state index is 0.111. The average molecular weight is 266 g/mol. The quantitative estimate of drug-likeness (QED) is 0.862. The molecule has 0 aliphatic heterocycles. The van der Waals surface area contributed by atoms with Crippen LogP contribution in [0.4, 0.5) is 10.7 Å². The lowest BCUT2D eigenvalue weighted by atomic mass is 10.1. The van der Waals surface area contributed by atoms with Crippen LogP contribution in [-0.2, 0) is 4.79 Å². The summed E-state index contributed by atoms with van der Waals surface area (Å²) in [6, 6.07) is 1.22. The second-order valence-corrected chi connectivity index (χ2v) is 4.97. The molecule has 19 heavy (non-hydrogen) atoms. The summed E-state index contributed by atoms with van der Waals surface area (Å²) in [5.41, 5.74) is -0.492. The van der Waals surface area contributed by atoms with Gasteiger partial charge in [-0.15, -0.1) is 0 Å². The molecule has 0 aromatic carbocycles. The van der Waals surface area contributed by atoms with Gasteiger partial charge in [0, 0.05) is 24.5 Å². The molecular weight excluding hydrogens is 248 g/mol. The van der Waals surface area contributed by atoms with Crippen LogP contribution in [0, 0.1) is 0 Å². The molecule has 0 aliphatic rings. The molecule has 0 radical (unpaired) electrons. The zero-order valence-electron chi connectivity index (χ0n) is 11.3. The zero-order valence-corrected chi connectivity index (χ0v) is 11.3. The summed E-state index contributed by atoms with van der Waals surface area (Å²) < 4.78 is 0. The molecule has 1 heterocycles. The largest absolute Gasteiger partial charge is 0.481 e. The number of hydrogen-bond acceptors (Lipinski definition) is 4. The highest BCUT2D eigenvalue weighted by atomic mass is 16.4. The highest BCUT2D eigenvalue weighted by Crippen LogP contribution is 2.15. The van der Waals surface area contributed by atoms with Crippen molar-refractivity contribution in [3.8, 4) is 0 Å². The van der Waals surface area contributed by atoms with Gasteiger partial charge in [-0.25, -0.2) is 14.8 Å². The van der Waals surface area contributed by atoms with Crippen LogP contribution in [-0.4, -0.2) is 44.1 Å². The number of carboxylic acid groups (broad SMARTS) is 1. The van der Waals surface area contributed by atoms with E-state index in [9.17, 15) is 9.59 Å². The van der Waals surface area contributed by atoms with Crippen molar-refractivity contribution in [1.29, 1.82) is 0 Å². The summed E-state index contributed by atoms with van der Waals surface area (Å²) in [5.74, 6) is -0.755. The summed E-state index contributed by atoms with van der Waals surface area (Å²) in [6.07, 6.45) is 2.92. The lowest BCUT2D eigenvalue weighted by molar-refractivity contribution is -0.137. The third kappa shape index (κ3) is 4.90. The number of nitrogens with zero attached hydrogens (tertiary/aromatic N) is 3. The molecule has 0 spiro atoms. The highest BCUT2D eigenvalue weighted by Gasteiger charge is 2.27. The van der Waals surface area contributed by atoms with Gasteiger partial charge >= 0.3 is 12.0 Å². The van der Waals surface area contributed by atoms with Crippen molar-refractivity contribution in [3.05, 3.63) is 18.5 Å². The van der Waals surface area contributed by atoms with E-state index < -0.39 is 17.5 Å². The predicted molar refractivity (Wildman–Crippen MR) is 69.8 cm³/mol. The molecular formula is C12H18N4O3. The summed E-state index contributed by atoms with van der Waals surface area (Å²) in [5, 5.41) is 11.3.